The van der Waals surface area contributed by atoms with Crippen molar-refractivity contribution < 1.29 is 19.2 Å². The molecule has 8 nitrogen and oxygen atoms in total. The number of hydrogen-bond acceptors (Lipinski definition) is 7. The number of benzene rings is 2. The topological polar surface area (TPSA) is 117 Å². The van der Waals surface area contributed by atoms with Crippen LogP contribution in [0.3, 0.4) is 0 Å². The second-order valence-electron chi connectivity index (χ2n) is 7.97. The number of ketones is 1. The van der Waals surface area contributed by atoms with Crippen molar-refractivity contribution in [3.05, 3.63) is 65.5 Å². The SMILES string of the molecule is COc1ccc(-c2cnc(-c3cc(C4=NOC(C)(C)C4=O)ccc3C)cn2)cc1C(N)=O. The van der Waals surface area contributed by atoms with Crippen LogP contribution in [0, 0.1) is 6.92 Å². The average molecular weight is 430 g/mol. The van der Waals surface area contributed by atoms with Crippen molar-refractivity contribution in [3.8, 4) is 28.3 Å². The summed E-state index contributed by atoms with van der Waals surface area (Å²) in [6.45, 7) is 5.33. The maximum absolute atomic E-state index is 12.6. The van der Waals surface area contributed by atoms with Crippen molar-refractivity contribution in [3.63, 3.8) is 0 Å². The van der Waals surface area contributed by atoms with Gasteiger partial charge in [-0.1, -0.05) is 17.3 Å². The summed E-state index contributed by atoms with van der Waals surface area (Å²) in [5.74, 6) is -0.356. The predicted octanol–water partition coefficient (Wildman–Crippen LogP) is 3.31. The Labute approximate surface area is 185 Å². The standard InChI is InChI=1S/C24H22N4O4/c1-13-5-6-15(21-22(29)24(2,3)32-28-21)10-16(13)19-12-26-18(11-27-19)14-7-8-20(31-4)17(9-14)23(25)30/h5-12H,1-4H3,(H2,25,30). The van der Waals surface area contributed by atoms with Crippen molar-refractivity contribution in [1.82, 2.24) is 9.97 Å². The molecule has 1 aliphatic heterocycles. The molecular formula is C24H22N4O4. The van der Waals surface area contributed by atoms with Crippen LogP contribution in [-0.4, -0.2) is 40.1 Å². The maximum Gasteiger partial charge on any atom is 0.252 e. The van der Waals surface area contributed by atoms with Crippen molar-refractivity contribution >= 4 is 17.4 Å². The van der Waals surface area contributed by atoms with Gasteiger partial charge in [0.2, 0.25) is 5.78 Å². The Kier molecular flexibility index (Phi) is 5.22. The van der Waals surface area contributed by atoms with E-state index in [2.05, 4.69) is 15.1 Å². The van der Waals surface area contributed by atoms with Gasteiger partial charge in [-0.25, -0.2) is 0 Å². The summed E-state index contributed by atoms with van der Waals surface area (Å²) in [4.78, 5) is 38.6. The molecule has 4 rings (SSSR count). The summed E-state index contributed by atoms with van der Waals surface area (Å²) in [5, 5.41) is 3.98. The Morgan fingerprint density at radius 1 is 1.03 bits per heavy atom. The van der Waals surface area contributed by atoms with Crippen LogP contribution in [0.2, 0.25) is 0 Å². The average Bonchev–Trinajstić information content (AvgIpc) is 3.06. The summed E-state index contributed by atoms with van der Waals surface area (Å²) in [5.41, 5.74) is 9.42. The Balaban J connectivity index is 1.68. The number of carbonyl (C=O) groups excluding carboxylic acids is 2. The van der Waals surface area contributed by atoms with Gasteiger partial charge in [0, 0.05) is 16.7 Å². The highest BCUT2D eigenvalue weighted by molar-refractivity contribution is 6.49. The molecule has 0 saturated carbocycles. The van der Waals surface area contributed by atoms with Crippen molar-refractivity contribution in [1.29, 1.82) is 0 Å². The third-order valence-corrected chi connectivity index (χ3v) is 5.33. The van der Waals surface area contributed by atoms with E-state index in [0.29, 0.717) is 28.3 Å². The molecule has 0 bridgehead atoms. The summed E-state index contributed by atoms with van der Waals surface area (Å²) < 4.78 is 5.18. The molecule has 2 aromatic carbocycles. The minimum absolute atomic E-state index is 0.168. The van der Waals surface area contributed by atoms with Gasteiger partial charge in [-0.15, -0.1) is 0 Å². The molecule has 0 spiro atoms. The number of primary amides is 1. The fourth-order valence-electron chi connectivity index (χ4n) is 3.43. The Morgan fingerprint density at radius 2 is 1.72 bits per heavy atom. The smallest absolute Gasteiger partial charge is 0.252 e. The zero-order valence-corrected chi connectivity index (χ0v) is 18.2. The van der Waals surface area contributed by atoms with Crippen molar-refractivity contribution in [2.75, 3.05) is 7.11 Å². The van der Waals surface area contributed by atoms with E-state index < -0.39 is 11.5 Å². The minimum Gasteiger partial charge on any atom is -0.496 e. The highest BCUT2D eigenvalue weighted by atomic mass is 16.7. The molecule has 2 N–H and O–H groups in total. The lowest BCUT2D eigenvalue weighted by molar-refractivity contribution is -0.128. The number of rotatable bonds is 5. The second-order valence-corrected chi connectivity index (χ2v) is 7.97. The van der Waals surface area contributed by atoms with Crippen LogP contribution in [0.25, 0.3) is 22.5 Å². The molecule has 32 heavy (non-hydrogen) atoms. The number of hydrogen-bond donors (Lipinski definition) is 1. The number of oxime groups is 1. The Morgan fingerprint density at radius 3 is 2.31 bits per heavy atom. The van der Waals surface area contributed by atoms with Crippen LogP contribution in [-0.2, 0) is 9.63 Å². The van der Waals surface area contributed by atoms with E-state index >= 15 is 0 Å². The number of nitrogens with zero attached hydrogens (tertiary/aromatic N) is 3. The number of aryl methyl sites for hydroxylation is 1. The van der Waals surface area contributed by atoms with E-state index in [1.165, 1.54) is 7.11 Å². The lowest BCUT2D eigenvalue weighted by atomic mass is 9.93. The van der Waals surface area contributed by atoms with Crippen LogP contribution in [0.5, 0.6) is 5.75 Å². The highest BCUT2D eigenvalue weighted by Gasteiger charge is 2.40. The van der Waals surface area contributed by atoms with Crippen LogP contribution >= 0.6 is 0 Å². The summed E-state index contributed by atoms with van der Waals surface area (Å²) in [6, 6.07) is 10.7. The molecule has 3 aromatic rings. The van der Waals surface area contributed by atoms with Gasteiger partial charge in [0.05, 0.1) is 36.5 Å². The molecule has 1 aliphatic rings. The van der Waals surface area contributed by atoms with E-state index in [9.17, 15) is 9.59 Å². The lowest BCUT2D eigenvalue weighted by Gasteiger charge is -2.12. The highest BCUT2D eigenvalue weighted by Crippen LogP contribution is 2.29. The van der Waals surface area contributed by atoms with Crippen LogP contribution in [0.4, 0.5) is 0 Å². The van der Waals surface area contributed by atoms with E-state index in [1.807, 2.05) is 25.1 Å². The van der Waals surface area contributed by atoms with Gasteiger partial charge in [-0.05, 0) is 50.6 Å². The molecule has 1 aromatic heterocycles. The third-order valence-electron chi connectivity index (χ3n) is 5.33. The molecule has 0 unspecified atom stereocenters. The number of amides is 1. The first-order valence-electron chi connectivity index (χ1n) is 9.94. The van der Waals surface area contributed by atoms with Crippen LogP contribution in [0.1, 0.15) is 35.3 Å². The molecule has 0 fully saturated rings. The van der Waals surface area contributed by atoms with Gasteiger partial charge in [-0.2, -0.15) is 0 Å². The van der Waals surface area contributed by atoms with Gasteiger partial charge in [0.15, 0.2) is 11.3 Å². The Bertz CT molecular complexity index is 1260. The number of carbonyl (C=O) groups is 2. The molecule has 162 valence electrons. The molecule has 8 heteroatoms. The maximum atomic E-state index is 12.6. The summed E-state index contributed by atoms with van der Waals surface area (Å²) in [6.07, 6.45) is 3.27. The van der Waals surface area contributed by atoms with Gasteiger partial charge in [-0.3, -0.25) is 19.6 Å². The second kappa shape index (κ2) is 7.88. The van der Waals surface area contributed by atoms with Gasteiger partial charge >= 0.3 is 0 Å². The summed E-state index contributed by atoms with van der Waals surface area (Å²) in [7, 11) is 1.48. The Hall–Kier alpha value is -4.07. The number of nitrogens with two attached hydrogens (primary N) is 1. The van der Waals surface area contributed by atoms with Gasteiger partial charge in [0.25, 0.3) is 5.91 Å². The molecule has 0 radical (unpaired) electrons. The monoisotopic (exact) mass is 430 g/mol. The number of Topliss-reactive ketones (excluding diaryl/α,β-unsaturated/α-hetero) is 1. The third kappa shape index (κ3) is 3.71. The quantitative estimate of drug-likeness (QED) is 0.664. The van der Waals surface area contributed by atoms with Crippen molar-refractivity contribution in [2.24, 2.45) is 10.9 Å². The number of methoxy groups -OCH3 is 1. The van der Waals surface area contributed by atoms with Crippen LogP contribution < -0.4 is 10.5 Å². The molecule has 0 aliphatic carbocycles. The van der Waals surface area contributed by atoms with Gasteiger partial charge < -0.3 is 15.3 Å². The molecule has 0 atom stereocenters. The van der Waals surface area contributed by atoms with E-state index in [0.717, 1.165) is 11.1 Å². The molecule has 1 amide bonds. The first-order valence-corrected chi connectivity index (χ1v) is 9.94. The fraction of sp³-hybridized carbons (Fsp3) is 0.208. The molecular weight excluding hydrogens is 408 g/mol. The fourth-order valence-corrected chi connectivity index (χ4v) is 3.43. The summed E-state index contributed by atoms with van der Waals surface area (Å²) >= 11 is 0. The van der Waals surface area contributed by atoms with Crippen molar-refractivity contribution in [2.45, 2.75) is 26.4 Å². The minimum atomic E-state index is -0.968. The lowest BCUT2D eigenvalue weighted by Crippen LogP contribution is -2.33. The molecule has 0 saturated heterocycles. The normalized spacial score (nSPS) is 14.6. The predicted molar refractivity (Wildman–Crippen MR) is 119 cm³/mol. The first-order chi connectivity index (χ1) is 15.2. The van der Waals surface area contributed by atoms with Gasteiger partial charge in [0.1, 0.15) is 5.75 Å². The zero-order valence-electron chi connectivity index (χ0n) is 18.2. The number of aromatic nitrogens is 2. The molecule has 2 heterocycles. The zero-order chi connectivity index (χ0) is 23.0. The first kappa shape index (κ1) is 21.2. The van der Waals surface area contributed by atoms with E-state index in [4.69, 9.17) is 15.3 Å². The number of ether oxygens (including phenoxy) is 1. The van der Waals surface area contributed by atoms with E-state index in [-0.39, 0.29) is 17.1 Å². The van der Waals surface area contributed by atoms with Crippen LogP contribution in [0.15, 0.2) is 53.9 Å². The largest absolute Gasteiger partial charge is 0.496 e. The van der Waals surface area contributed by atoms with E-state index in [1.54, 1.807) is 44.4 Å².